The van der Waals surface area contributed by atoms with Crippen molar-refractivity contribution in [3.8, 4) is 0 Å². The molecule has 1 aromatic heterocycles. The molecule has 3 rings (SSSR count). The van der Waals surface area contributed by atoms with E-state index in [0.29, 0.717) is 10.9 Å². The van der Waals surface area contributed by atoms with Crippen LogP contribution >= 0.6 is 0 Å². The fourth-order valence-electron chi connectivity index (χ4n) is 2.91. The van der Waals surface area contributed by atoms with Crippen LogP contribution in [-0.4, -0.2) is 16.9 Å². The lowest BCUT2D eigenvalue weighted by Crippen LogP contribution is -2.45. The number of carbonyl (C=O) groups is 1. The van der Waals surface area contributed by atoms with Gasteiger partial charge < -0.3 is 5.32 Å². The molecule has 0 fully saturated rings. The summed E-state index contributed by atoms with van der Waals surface area (Å²) in [5, 5.41) is 3.75. The maximum atomic E-state index is 13.8. The number of pyridine rings is 1. The van der Waals surface area contributed by atoms with E-state index in [9.17, 15) is 9.18 Å². The van der Waals surface area contributed by atoms with E-state index in [0.717, 1.165) is 6.42 Å². The molecule has 4 heteroatoms. The molecule has 0 aliphatic rings. The van der Waals surface area contributed by atoms with Gasteiger partial charge in [-0.2, -0.15) is 0 Å². The van der Waals surface area contributed by atoms with Crippen molar-refractivity contribution in [2.75, 3.05) is 0 Å². The van der Waals surface area contributed by atoms with Gasteiger partial charge >= 0.3 is 0 Å². The predicted molar refractivity (Wildman–Crippen MR) is 103 cm³/mol. The second-order valence-electron chi connectivity index (χ2n) is 7.62. The van der Waals surface area contributed by atoms with Gasteiger partial charge in [0, 0.05) is 17.6 Å². The predicted octanol–water partition coefficient (Wildman–Crippen LogP) is 4.76. The summed E-state index contributed by atoms with van der Waals surface area (Å²) in [6.45, 7) is 6.32. The average molecular weight is 350 g/mol. The van der Waals surface area contributed by atoms with E-state index in [-0.39, 0.29) is 28.7 Å². The van der Waals surface area contributed by atoms with Crippen molar-refractivity contribution in [1.82, 2.24) is 10.3 Å². The number of amides is 1. The van der Waals surface area contributed by atoms with E-state index < -0.39 is 0 Å². The first-order valence-electron chi connectivity index (χ1n) is 8.73. The Kier molecular flexibility index (Phi) is 5.03. The van der Waals surface area contributed by atoms with E-state index in [1.807, 2.05) is 18.2 Å². The molecule has 134 valence electrons. The van der Waals surface area contributed by atoms with Gasteiger partial charge in [0.15, 0.2) is 0 Å². The monoisotopic (exact) mass is 350 g/mol. The summed E-state index contributed by atoms with van der Waals surface area (Å²) in [5.41, 5.74) is 1.78. The van der Waals surface area contributed by atoms with Crippen LogP contribution in [0.1, 0.15) is 36.7 Å². The number of nitrogens with one attached hydrogen (secondary N) is 1. The van der Waals surface area contributed by atoms with Gasteiger partial charge in [-0.15, -0.1) is 0 Å². The quantitative estimate of drug-likeness (QED) is 0.737. The summed E-state index contributed by atoms with van der Waals surface area (Å²) in [6.07, 6.45) is 2.18. The summed E-state index contributed by atoms with van der Waals surface area (Å²) in [7, 11) is 0. The Hall–Kier alpha value is -2.75. The van der Waals surface area contributed by atoms with Gasteiger partial charge in [0.2, 0.25) is 0 Å². The molecule has 0 saturated heterocycles. The van der Waals surface area contributed by atoms with Crippen LogP contribution in [0.2, 0.25) is 0 Å². The molecule has 0 aliphatic heterocycles. The zero-order chi connectivity index (χ0) is 18.7. The Morgan fingerprint density at radius 3 is 2.54 bits per heavy atom. The van der Waals surface area contributed by atoms with Crippen molar-refractivity contribution in [1.29, 1.82) is 0 Å². The molecule has 0 aliphatic carbocycles. The molecule has 0 radical (unpaired) electrons. The lowest BCUT2D eigenvalue weighted by atomic mass is 9.83. The molecule has 2 aromatic carbocycles. The smallest absolute Gasteiger partial charge is 0.253 e. The zero-order valence-corrected chi connectivity index (χ0v) is 15.3. The Morgan fingerprint density at radius 1 is 1.12 bits per heavy atom. The van der Waals surface area contributed by atoms with Gasteiger partial charge in [0.1, 0.15) is 11.3 Å². The maximum absolute atomic E-state index is 13.8. The number of carbonyl (C=O) groups excluding carboxylic acids is 1. The Labute approximate surface area is 153 Å². The molecule has 0 spiro atoms. The molecule has 1 heterocycles. The molecule has 26 heavy (non-hydrogen) atoms. The number of hydrogen-bond donors (Lipinski definition) is 1. The van der Waals surface area contributed by atoms with E-state index >= 15 is 0 Å². The highest BCUT2D eigenvalue weighted by Gasteiger charge is 2.27. The molecule has 1 N–H and O–H groups in total. The average Bonchev–Trinajstić information content (AvgIpc) is 2.61. The molecule has 1 amide bonds. The summed E-state index contributed by atoms with van der Waals surface area (Å²) < 4.78 is 13.8. The number of halogens is 1. The summed E-state index contributed by atoms with van der Waals surface area (Å²) in [6, 6.07) is 16.5. The molecule has 1 unspecified atom stereocenters. The normalized spacial score (nSPS) is 12.8. The molecule has 3 aromatic rings. The molecule has 0 saturated carbocycles. The van der Waals surface area contributed by atoms with Crippen molar-refractivity contribution >= 4 is 16.8 Å². The van der Waals surface area contributed by atoms with Gasteiger partial charge in [-0.1, -0.05) is 63.2 Å². The number of fused-ring (bicyclic) bond motifs is 1. The van der Waals surface area contributed by atoms with Crippen LogP contribution in [0.5, 0.6) is 0 Å². The fraction of sp³-hybridized carbons (Fsp3) is 0.273. The van der Waals surface area contributed by atoms with Crippen LogP contribution in [0.4, 0.5) is 4.39 Å². The first kappa shape index (κ1) is 18.1. The molecule has 1 atom stereocenters. The summed E-state index contributed by atoms with van der Waals surface area (Å²) >= 11 is 0. The summed E-state index contributed by atoms with van der Waals surface area (Å²) in [5.74, 6) is -0.578. The van der Waals surface area contributed by atoms with E-state index in [1.54, 1.807) is 18.2 Å². The minimum Gasteiger partial charge on any atom is -0.348 e. The zero-order valence-electron chi connectivity index (χ0n) is 15.3. The van der Waals surface area contributed by atoms with Gasteiger partial charge in [0.25, 0.3) is 5.91 Å². The van der Waals surface area contributed by atoms with Crippen LogP contribution < -0.4 is 5.32 Å². The number of rotatable bonds is 4. The minimum atomic E-state index is -0.383. The largest absolute Gasteiger partial charge is 0.348 e. The Bertz CT molecular complexity index is 916. The van der Waals surface area contributed by atoms with Crippen molar-refractivity contribution in [2.24, 2.45) is 5.41 Å². The summed E-state index contributed by atoms with van der Waals surface area (Å²) in [4.78, 5) is 16.9. The lowest BCUT2D eigenvalue weighted by Gasteiger charge is -2.31. The number of aromatic nitrogens is 1. The second-order valence-corrected chi connectivity index (χ2v) is 7.62. The van der Waals surface area contributed by atoms with E-state index in [2.05, 4.69) is 43.2 Å². The number of nitrogens with zero attached hydrogens (tertiary/aromatic N) is 1. The van der Waals surface area contributed by atoms with Crippen molar-refractivity contribution in [3.63, 3.8) is 0 Å². The van der Waals surface area contributed by atoms with Gasteiger partial charge in [-0.25, -0.2) is 4.39 Å². The third kappa shape index (κ3) is 4.07. The molecule has 0 bridgehead atoms. The van der Waals surface area contributed by atoms with Gasteiger partial charge in [0.05, 0.1) is 5.56 Å². The van der Waals surface area contributed by atoms with Crippen molar-refractivity contribution in [3.05, 3.63) is 77.7 Å². The maximum Gasteiger partial charge on any atom is 0.253 e. The number of hydrogen-bond acceptors (Lipinski definition) is 2. The first-order valence-corrected chi connectivity index (χ1v) is 8.73. The van der Waals surface area contributed by atoms with Crippen molar-refractivity contribution < 1.29 is 9.18 Å². The van der Waals surface area contributed by atoms with Crippen LogP contribution in [-0.2, 0) is 6.42 Å². The molecule has 3 nitrogen and oxygen atoms in total. The third-order valence-corrected chi connectivity index (χ3v) is 4.56. The third-order valence-electron chi connectivity index (χ3n) is 4.56. The Morgan fingerprint density at radius 2 is 1.85 bits per heavy atom. The van der Waals surface area contributed by atoms with E-state index in [4.69, 9.17) is 0 Å². The lowest BCUT2D eigenvalue weighted by molar-refractivity contribution is 0.0902. The SMILES string of the molecule is CC(C)(C)C(Cc1ccccc1)NC(=O)c1cnc2c(F)cccc2c1. The van der Waals surface area contributed by atoms with Crippen LogP contribution in [0.3, 0.4) is 0 Å². The standard InChI is InChI=1S/C22H23FN2O/c1-22(2,3)19(12-15-8-5-4-6-9-15)25-21(26)17-13-16-10-7-11-18(23)20(16)24-14-17/h4-11,13-14,19H,12H2,1-3H3,(H,25,26). The molecular weight excluding hydrogens is 327 g/mol. The highest BCUT2D eigenvalue weighted by molar-refractivity contribution is 5.97. The topological polar surface area (TPSA) is 42.0 Å². The van der Waals surface area contributed by atoms with Crippen LogP contribution in [0.25, 0.3) is 10.9 Å². The van der Waals surface area contributed by atoms with Crippen molar-refractivity contribution in [2.45, 2.75) is 33.2 Å². The number of benzene rings is 2. The van der Waals surface area contributed by atoms with Gasteiger partial charge in [-0.05, 0) is 29.5 Å². The Balaban J connectivity index is 1.83. The highest BCUT2D eigenvalue weighted by atomic mass is 19.1. The van der Waals surface area contributed by atoms with E-state index in [1.165, 1.54) is 17.8 Å². The second kappa shape index (κ2) is 7.24. The van der Waals surface area contributed by atoms with Crippen LogP contribution in [0.15, 0.2) is 60.8 Å². The number of para-hydroxylation sites is 1. The highest BCUT2D eigenvalue weighted by Crippen LogP contribution is 2.23. The molecular formula is C22H23FN2O. The van der Waals surface area contributed by atoms with Crippen LogP contribution in [0, 0.1) is 11.2 Å². The first-order chi connectivity index (χ1) is 12.3. The minimum absolute atomic E-state index is 0.0411. The van der Waals surface area contributed by atoms with Gasteiger partial charge in [-0.3, -0.25) is 9.78 Å². The fourth-order valence-corrected chi connectivity index (χ4v) is 2.91.